The first kappa shape index (κ1) is 13.4. The quantitative estimate of drug-likeness (QED) is 0.729. The molecule has 102 valence electrons. The Morgan fingerprint density at radius 3 is 2.53 bits per heavy atom. The summed E-state index contributed by atoms with van der Waals surface area (Å²) in [5, 5.41) is 21.1. The first-order valence-electron chi connectivity index (χ1n) is 6.30. The number of carboxylic acids is 1. The Balaban J connectivity index is 1.98. The van der Waals surface area contributed by atoms with Gasteiger partial charge in [-0.2, -0.15) is 0 Å². The Bertz CT molecular complexity index is 512. The van der Waals surface area contributed by atoms with E-state index in [9.17, 15) is 14.7 Å². The molecule has 1 amide bonds. The van der Waals surface area contributed by atoms with Crippen LogP contribution in [0.2, 0.25) is 0 Å². The van der Waals surface area contributed by atoms with E-state index in [0.717, 1.165) is 0 Å². The maximum atomic E-state index is 12.0. The third-order valence-electron chi connectivity index (χ3n) is 3.62. The maximum absolute atomic E-state index is 12.0. The van der Waals surface area contributed by atoms with Gasteiger partial charge in [0.15, 0.2) is 0 Å². The Hall–Kier alpha value is -2.04. The van der Waals surface area contributed by atoms with Crippen molar-refractivity contribution in [3.8, 4) is 5.75 Å². The number of hydrogen-bond acceptors (Lipinski definition) is 3. The molecule has 2 unspecified atom stereocenters. The van der Waals surface area contributed by atoms with Gasteiger partial charge in [-0.05, 0) is 49.9 Å². The van der Waals surface area contributed by atoms with Gasteiger partial charge in [-0.3, -0.25) is 9.59 Å². The zero-order valence-electron chi connectivity index (χ0n) is 10.7. The fourth-order valence-electron chi connectivity index (χ4n) is 2.42. The van der Waals surface area contributed by atoms with E-state index in [1.54, 1.807) is 19.1 Å². The van der Waals surface area contributed by atoms with E-state index in [1.807, 2.05) is 0 Å². The van der Waals surface area contributed by atoms with E-state index in [4.69, 9.17) is 5.11 Å². The fraction of sp³-hybridized carbons (Fsp3) is 0.429. The normalized spacial score (nSPS) is 22.2. The second-order valence-corrected chi connectivity index (χ2v) is 5.04. The van der Waals surface area contributed by atoms with Crippen molar-refractivity contribution in [2.75, 3.05) is 5.32 Å². The van der Waals surface area contributed by atoms with E-state index in [1.165, 1.54) is 6.07 Å². The summed E-state index contributed by atoms with van der Waals surface area (Å²) >= 11 is 0. The number of aliphatic carboxylic acids is 1. The SMILES string of the molecule is Cc1cc(NC(=O)C2CCC(C(=O)O)C2)ccc1O. The van der Waals surface area contributed by atoms with Gasteiger partial charge < -0.3 is 15.5 Å². The van der Waals surface area contributed by atoms with Gasteiger partial charge in [0, 0.05) is 11.6 Å². The van der Waals surface area contributed by atoms with Crippen molar-refractivity contribution < 1.29 is 19.8 Å². The Morgan fingerprint density at radius 1 is 1.26 bits per heavy atom. The van der Waals surface area contributed by atoms with Crippen LogP contribution in [0.5, 0.6) is 5.75 Å². The number of phenolic OH excluding ortho intramolecular Hbond substituents is 1. The monoisotopic (exact) mass is 263 g/mol. The molecule has 0 saturated heterocycles. The van der Waals surface area contributed by atoms with Crippen LogP contribution in [0, 0.1) is 18.8 Å². The molecule has 5 nitrogen and oxygen atoms in total. The van der Waals surface area contributed by atoms with Crippen LogP contribution in [0.3, 0.4) is 0 Å². The number of aromatic hydroxyl groups is 1. The standard InChI is InChI=1S/C14H17NO4/c1-8-6-11(4-5-12(8)16)15-13(17)9-2-3-10(7-9)14(18)19/h4-6,9-10,16H,2-3,7H2,1H3,(H,15,17)(H,18,19). The van der Waals surface area contributed by atoms with E-state index in [2.05, 4.69) is 5.32 Å². The van der Waals surface area contributed by atoms with Crippen molar-refractivity contribution in [2.45, 2.75) is 26.2 Å². The number of benzene rings is 1. The molecule has 0 aliphatic heterocycles. The third-order valence-corrected chi connectivity index (χ3v) is 3.62. The number of amides is 1. The fourth-order valence-corrected chi connectivity index (χ4v) is 2.42. The van der Waals surface area contributed by atoms with Gasteiger partial charge in [0.2, 0.25) is 5.91 Å². The predicted octanol–water partition coefficient (Wildman–Crippen LogP) is 2.14. The van der Waals surface area contributed by atoms with Crippen LogP contribution in [0.1, 0.15) is 24.8 Å². The molecule has 1 fully saturated rings. The highest BCUT2D eigenvalue weighted by Gasteiger charge is 2.33. The van der Waals surface area contributed by atoms with E-state index < -0.39 is 11.9 Å². The Kier molecular flexibility index (Phi) is 3.74. The highest BCUT2D eigenvalue weighted by Crippen LogP contribution is 2.32. The number of carbonyl (C=O) groups excluding carboxylic acids is 1. The molecule has 0 aromatic heterocycles. The van der Waals surface area contributed by atoms with Gasteiger partial charge in [0.25, 0.3) is 0 Å². The summed E-state index contributed by atoms with van der Waals surface area (Å²) in [7, 11) is 0. The number of carbonyl (C=O) groups is 2. The third kappa shape index (κ3) is 3.05. The summed E-state index contributed by atoms with van der Waals surface area (Å²) in [6.45, 7) is 1.75. The second-order valence-electron chi connectivity index (χ2n) is 5.04. The predicted molar refractivity (Wildman–Crippen MR) is 69.9 cm³/mol. The van der Waals surface area contributed by atoms with Gasteiger partial charge in [-0.25, -0.2) is 0 Å². The van der Waals surface area contributed by atoms with Crippen molar-refractivity contribution in [3.05, 3.63) is 23.8 Å². The molecule has 2 rings (SSSR count). The van der Waals surface area contributed by atoms with E-state index in [-0.39, 0.29) is 17.6 Å². The number of nitrogens with one attached hydrogen (secondary N) is 1. The molecule has 19 heavy (non-hydrogen) atoms. The summed E-state index contributed by atoms with van der Waals surface area (Å²) in [5.41, 5.74) is 1.31. The molecule has 0 bridgehead atoms. The van der Waals surface area contributed by atoms with E-state index in [0.29, 0.717) is 30.5 Å². The molecule has 1 aliphatic carbocycles. The highest BCUT2D eigenvalue weighted by molar-refractivity contribution is 5.93. The lowest BCUT2D eigenvalue weighted by Crippen LogP contribution is -2.21. The van der Waals surface area contributed by atoms with Gasteiger partial charge in [-0.15, -0.1) is 0 Å². The van der Waals surface area contributed by atoms with Crippen LogP contribution in [-0.2, 0) is 9.59 Å². The van der Waals surface area contributed by atoms with Crippen LogP contribution in [0.15, 0.2) is 18.2 Å². The molecule has 5 heteroatoms. The second kappa shape index (κ2) is 5.30. The topological polar surface area (TPSA) is 86.6 Å². The van der Waals surface area contributed by atoms with Gasteiger partial charge in [0.1, 0.15) is 5.75 Å². The van der Waals surface area contributed by atoms with Crippen molar-refractivity contribution in [3.63, 3.8) is 0 Å². The summed E-state index contributed by atoms with van der Waals surface area (Å²) in [5.74, 6) is -1.43. The van der Waals surface area contributed by atoms with Crippen molar-refractivity contribution in [2.24, 2.45) is 11.8 Å². The summed E-state index contributed by atoms with van der Waals surface area (Å²) in [4.78, 5) is 22.9. The molecule has 1 saturated carbocycles. The summed E-state index contributed by atoms with van der Waals surface area (Å²) in [6, 6.07) is 4.85. The van der Waals surface area contributed by atoms with Crippen molar-refractivity contribution in [1.29, 1.82) is 0 Å². The average molecular weight is 263 g/mol. The number of carboxylic acid groups (broad SMARTS) is 1. The van der Waals surface area contributed by atoms with Crippen LogP contribution < -0.4 is 5.32 Å². The van der Waals surface area contributed by atoms with E-state index >= 15 is 0 Å². The largest absolute Gasteiger partial charge is 0.508 e. The van der Waals surface area contributed by atoms with Crippen molar-refractivity contribution >= 4 is 17.6 Å². The molecule has 3 N–H and O–H groups in total. The lowest BCUT2D eigenvalue weighted by Gasteiger charge is -2.11. The zero-order valence-corrected chi connectivity index (χ0v) is 10.7. The van der Waals surface area contributed by atoms with Gasteiger partial charge >= 0.3 is 5.97 Å². The molecule has 2 atom stereocenters. The van der Waals surface area contributed by atoms with Gasteiger partial charge in [-0.1, -0.05) is 0 Å². The highest BCUT2D eigenvalue weighted by atomic mass is 16.4. The van der Waals surface area contributed by atoms with Crippen molar-refractivity contribution in [1.82, 2.24) is 0 Å². The number of hydrogen-bond donors (Lipinski definition) is 3. The lowest BCUT2D eigenvalue weighted by molar-refractivity contribution is -0.141. The molecule has 0 spiro atoms. The minimum absolute atomic E-state index is 0.145. The number of rotatable bonds is 3. The van der Waals surface area contributed by atoms with Crippen LogP contribution in [-0.4, -0.2) is 22.1 Å². The number of phenols is 1. The molecule has 1 aromatic rings. The summed E-state index contributed by atoms with van der Waals surface area (Å²) in [6.07, 6.45) is 1.57. The molecule has 0 radical (unpaired) electrons. The lowest BCUT2D eigenvalue weighted by atomic mass is 10.0. The minimum atomic E-state index is -0.823. The van der Waals surface area contributed by atoms with Crippen LogP contribution in [0.25, 0.3) is 0 Å². The Labute approximate surface area is 111 Å². The maximum Gasteiger partial charge on any atom is 0.306 e. The minimum Gasteiger partial charge on any atom is -0.508 e. The first-order valence-corrected chi connectivity index (χ1v) is 6.30. The number of aryl methyl sites for hydroxylation is 1. The smallest absolute Gasteiger partial charge is 0.306 e. The average Bonchev–Trinajstić information content (AvgIpc) is 2.83. The number of anilines is 1. The molecular weight excluding hydrogens is 246 g/mol. The summed E-state index contributed by atoms with van der Waals surface area (Å²) < 4.78 is 0. The zero-order chi connectivity index (χ0) is 14.0. The van der Waals surface area contributed by atoms with Gasteiger partial charge in [0.05, 0.1) is 5.92 Å². The Morgan fingerprint density at radius 2 is 1.95 bits per heavy atom. The first-order chi connectivity index (χ1) is 8.97. The van der Waals surface area contributed by atoms with Crippen LogP contribution >= 0.6 is 0 Å². The van der Waals surface area contributed by atoms with Crippen LogP contribution in [0.4, 0.5) is 5.69 Å². The molecular formula is C14H17NO4. The molecule has 1 aliphatic rings. The molecule has 0 heterocycles. The molecule has 1 aromatic carbocycles.